The van der Waals surface area contributed by atoms with E-state index in [-0.39, 0.29) is 9.79 Å². The summed E-state index contributed by atoms with van der Waals surface area (Å²) in [5, 5.41) is 0. The molecule has 0 aliphatic rings. The normalized spacial score (nSPS) is 11.2. The summed E-state index contributed by atoms with van der Waals surface area (Å²) in [5.41, 5.74) is 0.898. The predicted molar refractivity (Wildman–Crippen MR) is 79.4 cm³/mol. The Morgan fingerprint density at radius 2 is 1.43 bits per heavy atom. The van der Waals surface area contributed by atoms with E-state index < -0.39 is 9.84 Å². The Bertz CT molecular complexity index is 848. The summed E-state index contributed by atoms with van der Waals surface area (Å²) in [4.78, 5) is 8.80. The molecule has 0 radical (unpaired) electrons. The number of rotatable bonds is 3. The number of sulfone groups is 1. The molecular weight excluding hydrogens is 284 g/mol. The molecule has 0 saturated heterocycles. The van der Waals surface area contributed by atoms with Gasteiger partial charge in [-0.1, -0.05) is 24.3 Å². The van der Waals surface area contributed by atoms with Gasteiger partial charge in [-0.2, -0.15) is 0 Å². The van der Waals surface area contributed by atoms with Gasteiger partial charge in [-0.15, -0.1) is 0 Å². The highest BCUT2D eigenvalue weighted by molar-refractivity contribution is 7.91. The van der Waals surface area contributed by atoms with Gasteiger partial charge in [0.2, 0.25) is 9.84 Å². The largest absolute Gasteiger partial charge is 0.255 e. The van der Waals surface area contributed by atoms with Crippen molar-refractivity contribution in [2.45, 2.75) is 9.79 Å². The zero-order valence-corrected chi connectivity index (χ0v) is 11.9. The molecule has 0 N–H and O–H groups in total. The maximum atomic E-state index is 12.8. The van der Waals surface area contributed by atoms with Crippen LogP contribution in [0, 0.1) is 0 Å². The first kappa shape index (κ1) is 13.5. The van der Waals surface area contributed by atoms with Crippen LogP contribution in [0.25, 0.3) is 11.4 Å². The zero-order valence-electron chi connectivity index (χ0n) is 11.0. The monoisotopic (exact) mass is 296 g/mol. The molecule has 0 unspecified atom stereocenters. The number of benzene rings is 1. The second kappa shape index (κ2) is 5.46. The van der Waals surface area contributed by atoms with E-state index in [1.807, 2.05) is 0 Å². The van der Waals surface area contributed by atoms with E-state index >= 15 is 0 Å². The van der Waals surface area contributed by atoms with E-state index in [1.165, 1.54) is 0 Å². The van der Waals surface area contributed by atoms with Gasteiger partial charge in [0.1, 0.15) is 5.69 Å². The van der Waals surface area contributed by atoms with Crippen molar-refractivity contribution in [1.82, 2.24) is 9.97 Å². The molecule has 0 amide bonds. The van der Waals surface area contributed by atoms with Gasteiger partial charge in [0.15, 0.2) is 0 Å². The number of hydrogen-bond acceptors (Lipinski definition) is 4. The molecule has 1 aromatic carbocycles. The molecule has 3 rings (SSSR count). The molecular formula is C16H12N2O2S. The minimum atomic E-state index is -3.62. The summed E-state index contributed by atoms with van der Waals surface area (Å²) in [6, 6.07) is 16.8. The smallest absolute Gasteiger partial charge is 0.208 e. The zero-order chi connectivity index (χ0) is 14.7. The molecule has 0 saturated carbocycles. The lowest BCUT2D eigenvalue weighted by molar-refractivity contribution is 0.596. The summed E-state index contributed by atoms with van der Waals surface area (Å²) < 4.78 is 25.5. The fraction of sp³-hybridized carbons (Fsp3) is 0. The van der Waals surface area contributed by atoms with Crippen molar-refractivity contribution in [3.63, 3.8) is 0 Å². The summed E-state index contributed by atoms with van der Waals surface area (Å²) in [6.07, 6.45) is 3.18. The predicted octanol–water partition coefficient (Wildman–Crippen LogP) is 2.98. The lowest BCUT2D eigenvalue weighted by atomic mass is 10.2. The minimum absolute atomic E-state index is 0.162. The van der Waals surface area contributed by atoms with Crippen LogP contribution in [-0.4, -0.2) is 18.4 Å². The topological polar surface area (TPSA) is 59.9 Å². The van der Waals surface area contributed by atoms with E-state index in [0.29, 0.717) is 11.4 Å². The van der Waals surface area contributed by atoms with Crippen LogP contribution in [-0.2, 0) is 9.84 Å². The van der Waals surface area contributed by atoms with Crippen LogP contribution in [0.5, 0.6) is 0 Å². The second-order valence-electron chi connectivity index (χ2n) is 4.38. The molecule has 4 nitrogen and oxygen atoms in total. The molecule has 0 aliphatic carbocycles. The maximum absolute atomic E-state index is 12.8. The molecule has 2 aromatic heterocycles. The van der Waals surface area contributed by atoms with Crippen molar-refractivity contribution in [2.24, 2.45) is 0 Å². The van der Waals surface area contributed by atoms with Crippen molar-refractivity contribution in [3.8, 4) is 11.4 Å². The Balaban J connectivity index is 2.21. The first-order valence-corrected chi connectivity index (χ1v) is 7.84. The van der Waals surface area contributed by atoms with E-state index in [2.05, 4.69) is 9.97 Å². The molecule has 21 heavy (non-hydrogen) atoms. The average molecular weight is 296 g/mol. The van der Waals surface area contributed by atoms with Gasteiger partial charge >= 0.3 is 0 Å². The molecule has 0 spiro atoms. The number of pyridine rings is 2. The van der Waals surface area contributed by atoms with Gasteiger partial charge in [0, 0.05) is 12.4 Å². The third-order valence-corrected chi connectivity index (χ3v) is 4.82. The summed E-state index contributed by atoms with van der Waals surface area (Å²) in [6.45, 7) is 0. The molecule has 104 valence electrons. The highest BCUT2D eigenvalue weighted by Crippen LogP contribution is 2.28. The highest BCUT2D eigenvalue weighted by Gasteiger charge is 2.22. The summed E-state index contributed by atoms with van der Waals surface area (Å²) in [7, 11) is -3.62. The number of hydrogen-bond donors (Lipinski definition) is 0. The van der Waals surface area contributed by atoms with Crippen molar-refractivity contribution >= 4 is 9.84 Å². The van der Waals surface area contributed by atoms with Crippen LogP contribution in [0.2, 0.25) is 0 Å². The van der Waals surface area contributed by atoms with E-state index in [4.69, 9.17) is 0 Å². The third-order valence-electron chi connectivity index (χ3n) is 3.02. The second-order valence-corrected chi connectivity index (χ2v) is 6.30. The Hall–Kier alpha value is -2.53. The molecule has 0 fully saturated rings. The van der Waals surface area contributed by atoms with Crippen LogP contribution in [0.15, 0.2) is 82.8 Å². The maximum Gasteiger partial charge on any atom is 0.208 e. The van der Waals surface area contributed by atoms with Gasteiger partial charge in [-0.25, -0.2) is 8.42 Å². The van der Waals surface area contributed by atoms with E-state index in [9.17, 15) is 8.42 Å². The van der Waals surface area contributed by atoms with Gasteiger partial charge in [0.25, 0.3) is 0 Å². The lowest BCUT2D eigenvalue weighted by Gasteiger charge is -2.09. The SMILES string of the molecule is O=S(=O)(c1ccccc1)c1cccnc1-c1ccccn1. The van der Waals surface area contributed by atoms with E-state index in [1.54, 1.807) is 73.1 Å². The molecule has 5 heteroatoms. The van der Waals surface area contributed by atoms with E-state index in [0.717, 1.165) is 0 Å². The van der Waals surface area contributed by atoms with Gasteiger partial charge in [-0.05, 0) is 36.4 Å². The third kappa shape index (κ3) is 2.55. The van der Waals surface area contributed by atoms with Crippen LogP contribution in [0.4, 0.5) is 0 Å². The number of nitrogens with zero attached hydrogens (tertiary/aromatic N) is 2. The van der Waals surface area contributed by atoms with Crippen molar-refractivity contribution in [3.05, 3.63) is 73.1 Å². The van der Waals surface area contributed by atoms with Crippen molar-refractivity contribution < 1.29 is 8.42 Å². The Morgan fingerprint density at radius 3 is 2.14 bits per heavy atom. The molecule has 0 aliphatic heterocycles. The van der Waals surface area contributed by atoms with Gasteiger partial charge < -0.3 is 0 Å². The van der Waals surface area contributed by atoms with Gasteiger partial charge in [-0.3, -0.25) is 9.97 Å². The Morgan fingerprint density at radius 1 is 0.714 bits per heavy atom. The van der Waals surface area contributed by atoms with Crippen LogP contribution in [0.3, 0.4) is 0 Å². The Labute approximate surface area is 123 Å². The van der Waals surface area contributed by atoms with Crippen molar-refractivity contribution in [1.29, 1.82) is 0 Å². The molecule has 0 atom stereocenters. The Kier molecular flexibility index (Phi) is 3.50. The number of aromatic nitrogens is 2. The molecule has 2 heterocycles. The average Bonchev–Trinajstić information content (AvgIpc) is 2.56. The highest BCUT2D eigenvalue weighted by atomic mass is 32.2. The standard InChI is InChI=1S/C16H12N2O2S/c19-21(20,13-7-2-1-3-8-13)15-10-6-12-18-16(15)14-9-4-5-11-17-14/h1-12H. The fourth-order valence-electron chi connectivity index (χ4n) is 2.03. The minimum Gasteiger partial charge on any atom is -0.255 e. The van der Waals surface area contributed by atoms with Crippen LogP contribution < -0.4 is 0 Å². The quantitative estimate of drug-likeness (QED) is 0.745. The van der Waals surface area contributed by atoms with Gasteiger partial charge in [0.05, 0.1) is 15.5 Å². The lowest BCUT2D eigenvalue weighted by Crippen LogP contribution is -2.05. The van der Waals surface area contributed by atoms with Crippen LogP contribution in [0.1, 0.15) is 0 Å². The summed E-state index contributed by atoms with van der Waals surface area (Å²) >= 11 is 0. The van der Waals surface area contributed by atoms with Crippen LogP contribution >= 0.6 is 0 Å². The molecule has 3 aromatic rings. The molecule has 0 bridgehead atoms. The fourth-order valence-corrected chi connectivity index (χ4v) is 3.47. The first-order valence-electron chi connectivity index (χ1n) is 6.36. The van der Waals surface area contributed by atoms with Crippen molar-refractivity contribution in [2.75, 3.05) is 0 Å². The summed E-state index contributed by atoms with van der Waals surface area (Å²) in [5.74, 6) is 0. The first-order chi connectivity index (χ1) is 10.2.